The van der Waals surface area contributed by atoms with Gasteiger partial charge in [-0.3, -0.25) is 29.8 Å². The smallest absolute Gasteiger partial charge is 0.243 e. The summed E-state index contributed by atoms with van der Waals surface area (Å²) in [5, 5.41) is 8.38. The van der Waals surface area contributed by atoms with E-state index in [0.717, 1.165) is 19.3 Å². The Balaban J connectivity index is 3.06. The van der Waals surface area contributed by atoms with Gasteiger partial charge < -0.3 is 26.7 Å². The summed E-state index contributed by atoms with van der Waals surface area (Å²) in [6.07, 6.45) is 11.1. The van der Waals surface area contributed by atoms with Crippen LogP contribution in [0, 0.1) is 11.8 Å². The van der Waals surface area contributed by atoms with E-state index in [-0.39, 0.29) is 18.3 Å². The standard InChI is InChI=1S/C31H56N8O5/c1-6-7-8-9-10-11-12-13-35-23(14-20(2)3)28(41)29(42)24(16-22-18-34-19-36-22)37-30(43)25(17-27(32)40)38-31(44)26(39-33)15-21(4)5/h18-21,23-26,35,39H,6-17,33H2,1-5H3,(H2,32,40)(H,34,36)(H,37,43)(H,38,44)/t23-,24-,25?,26-/m0/s1. The van der Waals surface area contributed by atoms with Crippen molar-refractivity contribution in [1.29, 1.82) is 0 Å². The fourth-order valence-electron chi connectivity index (χ4n) is 4.96. The molecule has 1 aromatic rings. The molecule has 13 nitrogen and oxygen atoms in total. The summed E-state index contributed by atoms with van der Waals surface area (Å²) < 4.78 is 0. The number of nitrogens with one attached hydrogen (secondary N) is 5. The van der Waals surface area contributed by atoms with Crippen LogP contribution in [0.5, 0.6) is 0 Å². The van der Waals surface area contributed by atoms with Crippen molar-refractivity contribution in [1.82, 2.24) is 31.3 Å². The largest absolute Gasteiger partial charge is 0.370 e. The third-order valence-electron chi connectivity index (χ3n) is 7.31. The van der Waals surface area contributed by atoms with Crippen LogP contribution in [0.25, 0.3) is 0 Å². The number of rotatable bonds is 25. The van der Waals surface area contributed by atoms with Crippen molar-refractivity contribution >= 4 is 29.3 Å². The molecule has 0 bridgehead atoms. The van der Waals surface area contributed by atoms with Crippen LogP contribution in [-0.2, 0) is 30.4 Å². The second-order valence-corrected chi connectivity index (χ2v) is 12.4. The fourth-order valence-corrected chi connectivity index (χ4v) is 4.96. The van der Waals surface area contributed by atoms with Crippen LogP contribution in [0.3, 0.4) is 0 Å². The number of imidazole rings is 1. The van der Waals surface area contributed by atoms with Gasteiger partial charge in [0.25, 0.3) is 0 Å². The van der Waals surface area contributed by atoms with Crippen LogP contribution < -0.4 is 33.0 Å². The lowest BCUT2D eigenvalue weighted by molar-refractivity contribution is -0.140. The van der Waals surface area contributed by atoms with Crippen molar-refractivity contribution in [2.45, 2.75) is 129 Å². The van der Waals surface area contributed by atoms with Gasteiger partial charge in [-0.05, 0) is 37.6 Å². The molecule has 0 aliphatic heterocycles. The van der Waals surface area contributed by atoms with Gasteiger partial charge in [-0.2, -0.15) is 0 Å². The van der Waals surface area contributed by atoms with Gasteiger partial charge in [-0.1, -0.05) is 73.1 Å². The van der Waals surface area contributed by atoms with E-state index >= 15 is 0 Å². The second-order valence-electron chi connectivity index (χ2n) is 12.4. The number of carbonyl (C=O) groups is 5. The summed E-state index contributed by atoms with van der Waals surface area (Å²) in [5.74, 6) is 2.14. The van der Waals surface area contributed by atoms with E-state index in [1.165, 1.54) is 38.2 Å². The number of amides is 3. The Kier molecular flexibility index (Phi) is 19.0. The zero-order chi connectivity index (χ0) is 33.1. The predicted octanol–water partition coefficient (Wildman–Crippen LogP) is 1.57. The molecule has 0 spiro atoms. The highest BCUT2D eigenvalue weighted by molar-refractivity contribution is 6.41. The van der Waals surface area contributed by atoms with E-state index in [4.69, 9.17) is 11.6 Å². The molecule has 13 heteroatoms. The maximum atomic E-state index is 13.7. The van der Waals surface area contributed by atoms with Gasteiger partial charge in [0.15, 0.2) is 0 Å². The van der Waals surface area contributed by atoms with Crippen molar-refractivity contribution in [3.05, 3.63) is 18.2 Å². The lowest BCUT2D eigenvalue weighted by Gasteiger charge is -2.25. The van der Waals surface area contributed by atoms with Gasteiger partial charge in [0.05, 0.1) is 24.8 Å². The molecular formula is C31H56N8O5. The van der Waals surface area contributed by atoms with Crippen molar-refractivity contribution in [2.24, 2.45) is 23.4 Å². The Morgan fingerprint density at radius 2 is 1.34 bits per heavy atom. The molecule has 0 fully saturated rings. The number of nitrogens with two attached hydrogens (primary N) is 2. The number of carbonyl (C=O) groups excluding carboxylic acids is 5. The average Bonchev–Trinajstić information content (AvgIpc) is 3.47. The molecule has 0 aromatic carbocycles. The number of aromatic amines is 1. The van der Waals surface area contributed by atoms with Gasteiger partial charge >= 0.3 is 0 Å². The maximum Gasteiger partial charge on any atom is 0.243 e. The number of hydrazine groups is 1. The molecule has 4 atom stereocenters. The Bertz CT molecular complexity index is 1010. The van der Waals surface area contributed by atoms with Gasteiger partial charge in [0, 0.05) is 18.3 Å². The molecule has 0 aliphatic rings. The topological polar surface area (TPSA) is 214 Å². The van der Waals surface area contributed by atoms with E-state index in [9.17, 15) is 24.0 Å². The SMILES string of the molecule is CCCCCCCCCN[C@@H](CC(C)C)C(=O)C(=O)[C@H](Cc1cnc[nH]1)NC(=O)C(CC(N)=O)NC(=O)[C@H](CC(C)C)NN. The average molecular weight is 621 g/mol. The second kappa shape index (κ2) is 21.5. The molecular weight excluding hydrogens is 564 g/mol. The van der Waals surface area contributed by atoms with E-state index in [1.54, 1.807) is 0 Å². The van der Waals surface area contributed by atoms with Gasteiger partial charge in [0.2, 0.25) is 29.3 Å². The number of Topliss-reactive ketones (excluding diaryl/α,β-unsaturated/α-hetero) is 2. The maximum absolute atomic E-state index is 13.7. The van der Waals surface area contributed by atoms with E-state index in [0.29, 0.717) is 25.1 Å². The molecule has 0 radical (unpaired) electrons. The molecule has 44 heavy (non-hydrogen) atoms. The first-order valence-electron chi connectivity index (χ1n) is 16.0. The van der Waals surface area contributed by atoms with E-state index in [2.05, 4.69) is 38.3 Å². The Morgan fingerprint density at radius 1 is 0.795 bits per heavy atom. The Hall–Kier alpha value is -3.16. The quantitative estimate of drug-likeness (QED) is 0.0365. The predicted molar refractivity (Wildman–Crippen MR) is 170 cm³/mol. The summed E-state index contributed by atoms with van der Waals surface area (Å²) in [7, 11) is 0. The van der Waals surface area contributed by atoms with Crippen LogP contribution in [0.2, 0.25) is 0 Å². The minimum absolute atomic E-state index is 0.0416. The Morgan fingerprint density at radius 3 is 1.89 bits per heavy atom. The first-order valence-corrected chi connectivity index (χ1v) is 16.0. The number of aromatic nitrogens is 2. The van der Waals surface area contributed by atoms with Crippen LogP contribution in [-0.4, -0.2) is 70.0 Å². The normalized spacial score (nSPS) is 14.2. The molecule has 250 valence electrons. The van der Waals surface area contributed by atoms with Crippen molar-refractivity contribution in [2.75, 3.05) is 6.54 Å². The van der Waals surface area contributed by atoms with Crippen LogP contribution in [0.4, 0.5) is 0 Å². The first-order chi connectivity index (χ1) is 20.9. The highest BCUT2D eigenvalue weighted by Gasteiger charge is 2.35. The van der Waals surface area contributed by atoms with Gasteiger partial charge in [-0.15, -0.1) is 0 Å². The Labute approximate surface area is 262 Å². The molecule has 3 amide bonds. The van der Waals surface area contributed by atoms with Crippen LogP contribution in [0.1, 0.15) is 105 Å². The molecule has 0 aliphatic carbocycles. The highest BCUT2D eigenvalue weighted by atomic mass is 16.2. The van der Waals surface area contributed by atoms with Gasteiger partial charge in [0.1, 0.15) is 12.1 Å². The zero-order valence-electron chi connectivity index (χ0n) is 27.2. The lowest BCUT2D eigenvalue weighted by Crippen LogP contribution is -2.58. The number of unbranched alkanes of at least 4 members (excludes halogenated alkanes) is 6. The first kappa shape index (κ1) is 38.9. The molecule has 9 N–H and O–H groups in total. The van der Waals surface area contributed by atoms with E-state index in [1.807, 2.05) is 27.7 Å². The molecule has 1 aromatic heterocycles. The zero-order valence-corrected chi connectivity index (χ0v) is 27.2. The van der Waals surface area contributed by atoms with Crippen molar-refractivity contribution in [3.8, 4) is 0 Å². The number of H-pyrrole nitrogens is 1. The number of ketones is 2. The van der Waals surface area contributed by atoms with Crippen molar-refractivity contribution in [3.63, 3.8) is 0 Å². The van der Waals surface area contributed by atoms with Crippen LogP contribution in [0.15, 0.2) is 12.5 Å². The third kappa shape index (κ3) is 15.5. The number of nitrogens with zero attached hydrogens (tertiary/aromatic N) is 1. The summed E-state index contributed by atoms with van der Waals surface area (Å²) in [5.41, 5.74) is 8.32. The number of primary amides is 1. The summed E-state index contributed by atoms with van der Waals surface area (Å²) >= 11 is 0. The summed E-state index contributed by atoms with van der Waals surface area (Å²) in [6.45, 7) is 10.5. The molecule has 0 saturated carbocycles. The highest BCUT2D eigenvalue weighted by Crippen LogP contribution is 2.12. The number of hydrogen-bond donors (Lipinski definition) is 7. The van der Waals surface area contributed by atoms with E-state index < -0.39 is 59.9 Å². The molecule has 1 unspecified atom stereocenters. The van der Waals surface area contributed by atoms with Crippen LogP contribution >= 0.6 is 0 Å². The summed E-state index contributed by atoms with van der Waals surface area (Å²) in [4.78, 5) is 72.2. The molecule has 1 rings (SSSR count). The molecule has 1 heterocycles. The fraction of sp³-hybridized carbons (Fsp3) is 0.742. The number of hydrogen-bond acceptors (Lipinski definition) is 9. The van der Waals surface area contributed by atoms with Gasteiger partial charge in [-0.25, -0.2) is 10.4 Å². The summed E-state index contributed by atoms with van der Waals surface area (Å²) in [6, 6.07) is -4.17. The monoisotopic (exact) mass is 620 g/mol. The lowest BCUT2D eigenvalue weighted by atomic mass is 9.93. The third-order valence-corrected chi connectivity index (χ3v) is 7.31. The minimum Gasteiger partial charge on any atom is -0.370 e. The van der Waals surface area contributed by atoms with Crippen molar-refractivity contribution < 1.29 is 24.0 Å². The molecule has 0 saturated heterocycles. The minimum atomic E-state index is -1.38.